The van der Waals surface area contributed by atoms with Gasteiger partial charge in [-0.25, -0.2) is 0 Å². The predicted octanol–water partition coefficient (Wildman–Crippen LogP) is 5.51. The minimum Gasteiger partial charge on any atom is -0.251 e. The van der Waals surface area contributed by atoms with Crippen molar-refractivity contribution in [2.75, 3.05) is 0 Å². The van der Waals surface area contributed by atoms with Crippen LogP contribution in [0.15, 0.2) is 70.7 Å². The van der Waals surface area contributed by atoms with Crippen LogP contribution in [-0.4, -0.2) is 5.71 Å². The van der Waals surface area contributed by atoms with E-state index in [0.29, 0.717) is 5.03 Å². The Morgan fingerprint density at radius 2 is 1.40 bits per heavy atom. The molecule has 20 heavy (non-hydrogen) atoms. The van der Waals surface area contributed by atoms with Gasteiger partial charge in [0.15, 0.2) is 0 Å². The lowest BCUT2D eigenvalue weighted by Crippen LogP contribution is -1.99. The first kappa shape index (κ1) is 14.5. The Hall–Kier alpha value is -1.86. The lowest BCUT2D eigenvalue weighted by molar-refractivity contribution is 1.26. The fourth-order valence-corrected chi connectivity index (χ4v) is 2.20. The van der Waals surface area contributed by atoms with E-state index >= 15 is 0 Å². The molecule has 0 saturated heterocycles. The first-order valence-corrected chi connectivity index (χ1v) is 7.15. The molecule has 0 spiro atoms. The Kier molecular flexibility index (Phi) is 5.14. The molecule has 0 radical (unpaired) electrons. The van der Waals surface area contributed by atoms with Gasteiger partial charge in [-0.15, -0.1) is 0 Å². The summed E-state index contributed by atoms with van der Waals surface area (Å²) in [5.74, 6) is 0. The molecule has 0 unspecified atom stereocenters. The lowest BCUT2D eigenvalue weighted by atomic mass is 10.1. The van der Waals surface area contributed by atoms with E-state index in [4.69, 9.17) is 16.6 Å². The van der Waals surface area contributed by atoms with Crippen molar-refractivity contribution in [2.24, 2.45) is 4.99 Å². The van der Waals surface area contributed by atoms with E-state index in [1.165, 1.54) is 0 Å². The zero-order valence-corrected chi connectivity index (χ0v) is 12.6. The maximum absolute atomic E-state index is 6.24. The molecule has 0 N–H and O–H groups in total. The zero-order chi connectivity index (χ0) is 14.4. The zero-order valence-electron chi connectivity index (χ0n) is 11.8. The van der Waals surface area contributed by atoms with Crippen molar-refractivity contribution in [2.45, 2.75) is 20.3 Å². The van der Waals surface area contributed by atoms with Crippen LogP contribution >= 0.6 is 11.6 Å². The van der Waals surface area contributed by atoms with Gasteiger partial charge in [0, 0.05) is 16.3 Å². The second kappa shape index (κ2) is 7.06. The fraction of sp³-hybridized carbons (Fsp3) is 0.167. The Labute approximate surface area is 125 Å². The Bertz CT molecular complexity index is 608. The van der Waals surface area contributed by atoms with E-state index < -0.39 is 0 Å². The summed E-state index contributed by atoms with van der Waals surface area (Å²) in [4.78, 5) is 4.80. The number of halogens is 1. The summed E-state index contributed by atoms with van der Waals surface area (Å²) in [5, 5.41) is 0.707. The van der Waals surface area contributed by atoms with Crippen LogP contribution in [0.2, 0.25) is 0 Å². The van der Waals surface area contributed by atoms with Crippen molar-refractivity contribution >= 4 is 23.0 Å². The Morgan fingerprint density at radius 1 is 0.900 bits per heavy atom. The monoisotopic (exact) mass is 283 g/mol. The van der Waals surface area contributed by atoms with Crippen LogP contribution in [0, 0.1) is 0 Å². The van der Waals surface area contributed by atoms with Crippen molar-refractivity contribution < 1.29 is 0 Å². The molecule has 1 nitrogen and oxygen atoms in total. The van der Waals surface area contributed by atoms with E-state index in [2.05, 4.69) is 19.1 Å². The molecule has 0 saturated carbocycles. The Morgan fingerprint density at radius 3 is 1.85 bits per heavy atom. The normalized spacial score (nSPS) is 13.1. The quantitative estimate of drug-likeness (QED) is 0.656. The van der Waals surface area contributed by atoms with Gasteiger partial charge in [-0.3, -0.25) is 4.99 Å². The smallest absolute Gasteiger partial charge is 0.0847 e. The van der Waals surface area contributed by atoms with Crippen LogP contribution in [0.3, 0.4) is 0 Å². The van der Waals surface area contributed by atoms with Crippen molar-refractivity contribution in [3.05, 3.63) is 76.8 Å². The van der Waals surface area contributed by atoms with Crippen LogP contribution in [0.5, 0.6) is 0 Å². The summed E-state index contributed by atoms with van der Waals surface area (Å²) >= 11 is 6.24. The molecule has 0 aliphatic heterocycles. The highest BCUT2D eigenvalue weighted by atomic mass is 35.5. The first-order chi connectivity index (χ1) is 9.72. The van der Waals surface area contributed by atoms with Crippen LogP contribution in [0.25, 0.3) is 5.70 Å². The van der Waals surface area contributed by atoms with Gasteiger partial charge in [0.05, 0.1) is 5.70 Å². The van der Waals surface area contributed by atoms with Gasteiger partial charge >= 0.3 is 0 Å². The lowest BCUT2D eigenvalue weighted by Gasteiger charge is -2.08. The molecule has 0 bridgehead atoms. The van der Waals surface area contributed by atoms with Crippen molar-refractivity contribution in [1.82, 2.24) is 0 Å². The standard InChI is InChI=1S/C18H18ClN/c1-3-17(15-10-6-4-7-11-15)20-18(14(2)19)16-12-8-5-9-13-16/h4-13H,3H2,1-2H3/b18-14-,20-17?. The summed E-state index contributed by atoms with van der Waals surface area (Å²) < 4.78 is 0. The summed E-state index contributed by atoms with van der Waals surface area (Å²) in [5.41, 5.74) is 4.07. The summed E-state index contributed by atoms with van der Waals surface area (Å²) in [7, 11) is 0. The molecule has 2 heteroatoms. The third-order valence-corrected chi connectivity index (χ3v) is 3.24. The number of nitrogens with zero attached hydrogens (tertiary/aromatic N) is 1. The number of benzene rings is 2. The average molecular weight is 284 g/mol. The maximum atomic E-state index is 6.24. The van der Waals surface area contributed by atoms with Gasteiger partial charge in [-0.2, -0.15) is 0 Å². The van der Waals surface area contributed by atoms with Crippen molar-refractivity contribution in [3.8, 4) is 0 Å². The number of hydrogen-bond donors (Lipinski definition) is 0. The number of aliphatic imine (C=N–C) groups is 1. The second-order valence-electron chi connectivity index (χ2n) is 4.53. The minimum absolute atomic E-state index is 0.707. The number of rotatable bonds is 4. The van der Waals surface area contributed by atoms with Crippen molar-refractivity contribution in [1.29, 1.82) is 0 Å². The van der Waals surface area contributed by atoms with Gasteiger partial charge in [-0.05, 0) is 18.9 Å². The Balaban J connectivity index is 2.46. The SMILES string of the molecule is CCC(=N/C(=C(/C)Cl)c1ccccc1)c1ccccc1. The van der Waals surface area contributed by atoms with Crippen LogP contribution in [0.1, 0.15) is 31.4 Å². The molecule has 0 aliphatic carbocycles. The summed E-state index contributed by atoms with van der Waals surface area (Å²) in [6.45, 7) is 3.99. The van der Waals surface area contributed by atoms with Gasteiger partial charge in [0.1, 0.15) is 0 Å². The molecule has 0 aliphatic rings. The van der Waals surface area contributed by atoms with Gasteiger partial charge in [0.2, 0.25) is 0 Å². The largest absolute Gasteiger partial charge is 0.251 e. The molecule has 0 amide bonds. The van der Waals surface area contributed by atoms with E-state index in [9.17, 15) is 0 Å². The van der Waals surface area contributed by atoms with Gasteiger partial charge in [0.25, 0.3) is 0 Å². The first-order valence-electron chi connectivity index (χ1n) is 6.77. The molecule has 0 fully saturated rings. The minimum atomic E-state index is 0.707. The van der Waals surface area contributed by atoms with Gasteiger partial charge in [-0.1, -0.05) is 79.2 Å². The predicted molar refractivity (Wildman–Crippen MR) is 88.2 cm³/mol. The molecule has 0 atom stereocenters. The highest BCUT2D eigenvalue weighted by molar-refractivity contribution is 6.32. The maximum Gasteiger partial charge on any atom is 0.0847 e. The molecule has 2 aromatic rings. The molecule has 0 heterocycles. The molecular weight excluding hydrogens is 266 g/mol. The summed E-state index contributed by atoms with van der Waals surface area (Å²) in [6, 6.07) is 20.3. The third-order valence-electron chi connectivity index (χ3n) is 3.06. The average Bonchev–Trinajstić information content (AvgIpc) is 2.50. The van der Waals surface area contributed by atoms with E-state index in [1.807, 2.05) is 55.5 Å². The van der Waals surface area contributed by atoms with Crippen LogP contribution < -0.4 is 0 Å². The molecule has 2 rings (SSSR count). The highest BCUT2D eigenvalue weighted by Gasteiger charge is 2.06. The van der Waals surface area contributed by atoms with Crippen molar-refractivity contribution in [3.63, 3.8) is 0 Å². The fourth-order valence-electron chi connectivity index (χ4n) is 2.05. The van der Waals surface area contributed by atoms with Crippen LogP contribution in [-0.2, 0) is 0 Å². The van der Waals surface area contributed by atoms with E-state index in [0.717, 1.165) is 29.0 Å². The van der Waals surface area contributed by atoms with Gasteiger partial charge < -0.3 is 0 Å². The van der Waals surface area contributed by atoms with Crippen LogP contribution in [0.4, 0.5) is 0 Å². The topological polar surface area (TPSA) is 12.4 Å². The highest BCUT2D eigenvalue weighted by Crippen LogP contribution is 2.24. The molecule has 2 aromatic carbocycles. The molecule has 0 aromatic heterocycles. The van der Waals surface area contributed by atoms with E-state index in [-0.39, 0.29) is 0 Å². The molecule has 102 valence electrons. The second-order valence-corrected chi connectivity index (χ2v) is 5.09. The number of allylic oxidation sites excluding steroid dienone is 1. The van der Waals surface area contributed by atoms with E-state index in [1.54, 1.807) is 0 Å². The summed E-state index contributed by atoms with van der Waals surface area (Å²) in [6.07, 6.45) is 0.866. The molecular formula is C18H18ClN. The number of hydrogen-bond acceptors (Lipinski definition) is 1. The third kappa shape index (κ3) is 3.58.